The Morgan fingerprint density at radius 3 is 3.00 bits per heavy atom. The minimum Gasteiger partial charge on any atom is -0.371 e. The first-order valence-electron chi connectivity index (χ1n) is 6.63. The second-order valence-electron chi connectivity index (χ2n) is 4.84. The maximum Gasteiger partial charge on any atom is 0.319 e. The number of hydrogen-bond donors (Lipinski definition) is 2. The van der Waals surface area contributed by atoms with Crippen molar-refractivity contribution < 1.29 is 9.53 Å². The lowest BCUT2D eigenvalue weighted by Gasteiger charge is -2.29. The molecule has 1 aliphatic rings. The number of thiophene rings is 2. The molecule has 2 aromatic heterocycles. The van der Waals surface area contributed by atoms with Crippen LogP contribution in [0.4, 0.5) is 10.5 Å². The summed E-state index contributed by atoms with van der Waals surface area (Å²) in [7, 11) is 0. The first kappa shape index (κ1) is 14.8. The molecule has 0 aliphatic carbocycles. The molecule has 3 rings (SSSR count). The quantitative estimate of drug-likeness (QED) is 0.874. The third kappa shape index (κ3) is 3.23. The Balaban J connectivity index is 1.63. The van der Waals surface area contributed by atoms with E-state index in [9.17, 15) is 4.79 Å². The fourth-order valence-electron chi connectivity index (χ4n) is 2.41. The second-order valence-corrected chi connectivity index (χ2v) is 7.35. The van der Waals surface area contributed by atoms with Gasteiger partial charge in [0, 0.05) is 11.3 Å². The Kier molecular flexibility index (Phi) is 4.49. The average Bonchev–Trinajstić information content (AvgIpc) is 3.07. The molecule has 2 N–H and O–H groups in total. The number of hydrogen-bond acceptors (Lipinski definition) is 4. The monoisotopic (exact) mass is 342 g/mol. The highest BCUT2D eigenvalue weighted by molar-refractivity contribution is 7.15. The molecule has 0 spiro atoms. The summed E-state index contributed by atoms with van der Waals surface area (Å²) in [6.45, 7) is 2.65. The first-order valence-corrected chi connectivity index (χ1v) is 8.77. The number of amides is 2. The molecule has 2 atom stereocenters. The van der Waals surface area contributed by atoms with E-state index in [2.05, 4.69) is 22.1 Å². The number of halogens is 1. The largest absolute Gasteiger partial charge is 0.371 e. The van der Waals surface area contributed by atoms with Gasteiger partial charge in [-0.1, -0.05) is 11.6 Å². The highest BCUT2D eigenvalue weighted by Crippen LogP contribution is 2.33. The van der Waals surface area contributed by atoms with Crippen molar-refractivity contribution in [3.63, 3.8) is 0 Å². The topological polar surface area (TPSA) is 50.4 Å². The normalized spacial score (nSPS) is 18.9. The number of anilines is 1. The standard InChI is InChI=1S/C14H15ClN2O2S2/c1-8(12-9-3-6-20-11(9)2-5-19-12)16-14(18)17-10-4-7-21-13(10)15/h3-4,6-8,12H,2,5H2,1H3,(H2,16,17,18)/t8-,12+/m1/s1. The van der Waals surface area contributed by atoms with E-state index < -0.39 is 0 Å². The maximum absolute atomic E-state index is 12.0. The molecule has 0 fully saturated rings. The molecule has 0 unspecified atom stereocenters. The molecule has 2 aromatic rings. The van der Waals surface area contributed by atoms with E-state index in [1.54, 1.807) is 17.4 Å². The van der Waals surface area contributed by atoms with Crippen molar-refractivity contribution >= 4 is 46.0 Å². The molecule has 3 heterocycles. The Morgan fingerprint density at radius 2 is 2.24 bits per heavy atom. The summed E-state index contributed by atoms with van der Waals surface area (Å²) < 4.78 is 6.40. The predicted molar refractivity (Wildman–Crippen MR) is 87.7 cm³/mol. The fraction of sp³-hybridized carbons (Fsp3) is 0.357. The summed E-state index contributed by atoms with van der Waals surface area (Å²) in [5.41, 5.74) is 1.82. The van der Waals surface area contributed by atoms with Crippen LogP contribution in [0.2, 0.25) is 4.34 Å². The zero-order valence-electron chi connectivity index (χ0n) is 11.4. The van der Waals surface area contributed by atoms with E-state index in [0.29, 0.717) is 16.6 Å². The van der Waals surface area contributed by atoms with E-state index in [1.807, 2.05) is 12.3 Å². The maximum atomic E-state index is 12.0. The van der Waals surface area contributed by atoms with Crippen LogP contribution in [0, 0.1) is 0 Å². The zero-order valence-corrected chi connectivity index (χ0v) is 13.8. The van der Waals surface area contributed by atoms with Crippen LogP contribution in [0.25, 0.3) is 0 Å². The van der Waals surface area contributed by atoms with Gasteiger partial charge >= 0.3 is 6.03 Å². The van der Waals surface area contributed by atoms with Crippen LogP contribution >= 0.6 is 34.3 Å². The number of carbonyl (C=O) groups is 1. The highest BCUT2D eigenvalue weighted by atomic mass is 35.5. The van der Waals surface area contributed by atoms with Crippen molar-refractivity contribution in [1.82, 2.24) is 5.32 Å². The number of urea groups is 1. The SMILES string of the molecule is C[C@@H](NC(=O)Nc1ccsc1Cl)[C@@H]1OCCc2sccc21. The van der Waals surface area contributed by atoms with Gasteiger partial charge in [-0.05, 0) is 35.4 Å². The van der Waals surface area contributed by atoms with Gasteiger partial charge < -0.3 is 15.4 Å². The molecule has 0 radical (unpaired) electrons. The molecule has 0 saturated carbocycles. The fourth-order valence-corrected chi connectivity index (χ4v) is 4.15. The van der Waals surface area contributed by atoms with Crippen molar-refractivity contribution in [1.29, 1.82) is 0 Å². The number of carbonyl (C=O) groups excluding carboxylic acids is 1. The number of rotatable bonds is 3. The van der Waals surface area contributed by atoms with Crippen LogP contribution in [0.3, 0.4) is 0 Å². The third-order valence-electron chi connectivity index (χ3n) is 3.39. The molecule has 112 valence electrons. The van der Waals surface area contributed by atoms with Crippen molar-refractivity contribution in [3.8, 4) is 0 Å². The summed E-state index contributed by atoms with van der Waals surface area (Å²) in [4.78, 5) is 13.4. The van der Waals surface area contributed by atoms with Gasteiger partial charge in [0.25, 0.3) is 0 Å². The summed E-state index contributed by atoms with van der Waals surface area (Å²) >= 11 is 9.11. The molecular formula is C14H15ClN2O2S2. The second kappa shape index (κ2) is 6.36. The van der Waals surface area contributed by atoms with Gasteiger partial charge in [0.2, 0.25) is 0 Å². The lowest BCUT2D eigenvalue weighted by atomic mass is 10.0. The van der Waals surface area contributed by atoms with Crippen molar-refractivity contribution in [2.75, 3.05) is 11.9 Å². The molecule has 1 aliphatic heterocycles. The van der Waals surface area contributed by atoms with Gasteiger partial charge in [-0.3, -0.25) is 0 Å². The Labute approximate surface area is 136 Å². The van der Waals surface area contributed by atoms with Crippen molar-refractivity contribution in [2.45, 2.75) is 25.5 Å². The Hall–Kier alpha value is -1.08. The zero-order chi connectivity index (χ0) is 14.8. The first-order chi connectivity index (χ1) is 10.1. The molecule has 21 heavy (non-hydrogen) atoms. The van der Waals surface area contributed by atoms with Gasteiger partial charge in [-0.2, -0.15) is 0 Å². The molecule has 2 amide bonds. The van der Waals surface area contributed by atoms with Crippen LogP contribution in [0.1, 0.15) is 23.5 Å². The molecule has 7 heteroatoms. The summed E-state index contributed by atoms with van der Waals surface area (Å²) in [5, 5.41) is 9.59. The van der Waals surface area contributed by atoms with E-state index in [-0.39, 0.29) is 18.2 Å². The van der Waals surface area contributed by atoms with Gasteiger partial charge in [0.05, 0.1) is 18.3 Å². The smallest absolute Gasteiger partial charge is 0.319 e. The van der Waals surface area contributed by atoms with Gasteiger partial charge in [0.15, 0.2) is 0 Å². The Bertz CT molecular complexity index is 640. The molecular weight excluding hydrogens is 328 g/mol. The van der Waals surface area contributed by atoms with Crippen molar-refractivity contribution in [3.05, 3.63) is 37.7 Å². The predicted octanol–water partition coefficient (Wildman–Crippen LogP) is 4.29. The number of ether oxygens (including phenoxy) is 1. The minimum atomic E-state index is -0.270. The highest BCUT2D eigenvalue weighted by Gasteiger charge is 2.28. The minimum absolute atomic E-state index is 0.0938. The molecule has 0 saturated heterocycles. The van der Waals surface area contributed by atoms with Crippen LogP contribution in [-0.2, 0) is 11.2 Å². The van der Waals surface area contributed by atoms with Crippen LogP contribution in [0.15, 0.2) is 22.9 Å². The van der Waals surface area contributed by atoms with E-state index in [0.717, 1.165) is 6.42 Å². The van der Waals surface area contributed by atoms with Crippen molar-refractivity contribution in [2.24, 2.45) is 0 Å². The van der Waals surface area contributed by atoms with Gasteiger partial charge in [-0.15, -0.1) is 22.7 Å². The summed E-state index contributed by atoms with van der Waals surface area (Å²) in [6, 6.07) is 3.48. The lowest BCUT2D eigenvalue weighted by Crippen LogP contribution is -2.41. The van der Waals surface area contributed by atoms with E-state index in [4.69, 9.17) is 16.3 Å². The van der Waals surface area contributed by atoms with Crippen LogP contribution in [0.5, 0.6) is 0 Å². The molecule has 4 nitrogen and oxygen atoms in total. The number of fused-ring (bicyclic) bond motifs is 1. The summed E-state index contributed by atoms with van der Waals surface area (Å²) in [5.74, 6) is 0. The lowest BCUT2D eigenvalue weighted by molar-refractivity contribution is 0.0238. The average molecular weight is 343 g/mol. The molecule has 0 aromatic carbocycles. The van der Waals surface area contributed by atoms with E-state index >= 15 is 0 Å². The van der Waals surface area contributed by atoms with Gasteiger partial charge in [-0.25, -0.2) is 4.79 Å². The summed E-state index contributed by atoms with van der Waals surface area (Å²) in [6.07, 6.45) is 0.858. The Morgan fingerprint density at radius 1 is 1.43 bits per heavy atom. The molecule has 0 bridgehead atoms. The van der Waals surface area contributed by atoms with Gasteiger partial charge in [0.1, 0.15) is 10.4 Å². The van der Waals surface area contributed by atoms with Crippen LogP contribution in [-0.4, -0.2) is 18.7 Å². The van der Waals surface area contributed by atoms with E-state index in [1.165, 1.54) is 21.8 Å². The van der Waals surface area contributed by atoms with Crippen LogP contribution < -0.4 is 10.6 Å². The third-order valence-corrected chi connectivity index (χ3v) is 5.56. The number of nitrogens with one attached hydrogen (secondary N) is 2.